The first-order chi connectivity index (χ1) is 9.23. The van der Waals surface area contributed by atoms with Crippen molar-refractivity contribution in [1.82, 2.24) is 9.88 Å². The molecule has 1 aromatic heterocycles. The van der Waals surface area contributed by atoms with Crippen LogP contribution in [-0.4, -0.2) is 28.5 Å². The molecule has 1 fully saturated rings. The highest BCUT2D eigenvalue weighted by Crippen LogP contribution is 2.38. The van der Waals surface area contributed by atoms with Crippen LogP contribution >= 0.6 is 11.3 Å². The molecule has 2 rings (SSSR count). The van der Waals surface area contributed by atoms with Gasteiger partial charge in [0.2, 0.25) is 0 Å². The molecule has 114 valence electrons. The van der Waals surface area contributed by atoms with Crippen molar-refractivity contribution in [2.75, 3.05) is 13.1 Å². The third-order valence-corrected chi connectivity index (χ3v) is 5.13. The minimum absolute atomic E-state index is 0.365. The van der Waals surface area contributed by atoms with E-state index in [1.807, 2.05) is 13.8 Å². The molecule has 2 heterocycles. The van der Waals surface area contributed by atoms with Crippen molar-refractivity contribution in [3.8, 4) is 0 Å². The molecule has 0 aromatic carbocycles. The summed E-state index contributed by atoms with van der Waals surface area (Å²) in [6.07, 6.45) is 0.321. The van der Waals surface area contributed by atoms with Crippen LogP contribution in [0.3, 0.4) is 0 Å². The zero-order valence-corrected chi connectivity index (χ0v) is 12.5. The molecule has 1 atom stereocenters. The molecule has 1 aliphatic heterocycles. The molecule has 0 amide bonds. The van der Waals surface area contributed by atoms with E-state index >= 15 is 0 Å². The lowest BCUT2D eigenvalue weighted by Gasteiger charge is -2.44. The third-order valence-electron chi connectivity index (χ3n) is 4.00. The predicted molar refractivity (Wildman–Crippen MR) is 73.5 cm³/mol. The van der Waals surface area contributed by atoms with Crippen LogP contribution in [-0.2, 0) is 6.18 Å². The lowest BCUT2D eigenvalue weighted by atomic mass is 9.90. The van der Waals surface area contributed by atoms with E-state index in [9.17, 15) is 13.2 Å². The number of nitrogens with two attached hydrogens (primary N) is 1. The lowest BCUT2D eigenvalue weighted by molar-refractivity contribution is -0.137. The highest BCUT2D eigenvalue weighted by Gasteiger charge is 2.39. The van der Waals surface area contributed by atoms with Gasteiger partial charge < -0.3 is 5.73 Å². The second-order valence-electron chi connectivity index (χ2n) is 5.74. The Hall–Kier alpha value is -0.660. The fourth-order valence-electron chi connectivity index (χ4n) is 2.58. The minimum Gasteiger partial charge on any atom is -0.322 e. The fourth-order valence-corrected chi connectivity index (χ4v) is 3.54. The van der Waals surface area contributed by atoms with Crippen molar-refractivity contribution in [3.63, 3.8) is 0 Å². The standard InChI is InChI=1S/C13H20F3N3S/c1-12(2,19-6-4-3-5-7-19)10(17)9-8-18-11(20-9)13(14,15)16/h8,10H,3-7,17H2,1-2H3. The molecule has 2 N–H and O–H groups in total. The molecule has 0 saturated carbocycles. The van der Waals surface area contributed by atoms with Gasteiger partial charge in [-0.2, -0.15) is 13.2 Å². The average Bonchev–Trinajstić information content (AvgIpc) is 2.88. The van der Waals surface area contributed by atoms with E-state index in [4.69, 9.17) is 5.73 Å². The van der Waals surface area contributed by atoms with Crippen molar-refractivity contribution in [2.45, 2.75) is 50.9 Å². The average molecular weight is 307 g/mol. The minimum atomic E-state index is -4.39. The van der Waals surface area contributed by atoms with Crippen LogP contribution in [0.25, 0.3) is 0 Å². The smallest absolute Gasteiger partial charge is 0.322 e. The van der Waals surface area contributed by atoms with Gasteiger partial charge >= 0.3 is 6.18 Å². The molecule has 0 radical (unpaired) electrons. The summed E-state index contributed by atoms with van der Waals surface area (Å²) >= 11 is 0.651. The summed E-state index contributed by atoms with van der Waals surface area (Å²) in [5.41, 5.74) is 5.86. The number of likely N-dealkylation sites (tertiary alicyclic amines) is 1. The Labute approximate surface area is 121 Å². The second-order valence-corrected chi connectivity index (χ2v) is 6.81. The summed E-state index contributed by atoms with van der Waals surface area (Å²) in [7, 11) is 0. The summed E-state index contributed by atoms with van der Waals surface area (Å²) in [6.45, 7) is 5.89. The number of alkyl halides is 3. The Balaban J connectivity index is 2.16. The topological polar surface area (TPSA) is 42.1 Å². The van der Waals surface area contributed by atoms with Gasteiger partial charge in [-0.15, -0.1) is 11.3 Å². The van der Waals surface area contributed by atoms with Crippen molar-refractivity contribution < 1.29 is 13.2 Å². The first-order valence-electron chi connectivity index (χ1n) is 6.76. The van der Waals surface area contributed by atoms with Gasteiger partial charge in [0, 0.05) is 16.6 Å². The number of hydrogen-bond acceptors (Lipinski definition) is 4. The summed E-state index contributed by atoms with van der Waals surface area (Å²) in [6, 6.07) is -0.464. The zero-order valence-electron chi connectivity index (χ0n) is 11.7. The normalized spacial score (nSPS) is 20.1. The number of piperidine rings is 1. The molecule has 3 nitrogen and oxygen atoms in total. The Kier molecular flexibility index (Phi) is 4.41. The lowest BCUT2D eigenvalue weighted by Crippen LogP contribution is -2.52. The Morgan fingerprint density at radius 1 is 1.25 bits per heavy atom. The van der Waals surface area contributed by atoms with Gasteiger partial charge in [-0.25, -0.2) is 4.98 Å². The molecule has 0 aliphatic carbocycles. The van der Waals surface area contributed by atoms with Crippen LogP contribution in [0.4, 0.5) is 13.2 Å². The molecule has 1 unspecified atom stereocenters. The Morgan fingerprint density at radius 3 is 2.35 bits per heavy atom. The van der Waals surface area contributed by atoms with Gasteiger partial charge in [-0.05, 0) is 39.8 Å². The molecular weight excluding hydrogens is 287 g/mol. The van der Waals surface area contributed by atoms with Crippen molar-refractivity contribution in [2.24, 2.45) is 5.73 Å². The molecule has 1 aromatic rings. The van der Waals surface area contributed by atoms with E-state index in [2.05, 4.69) is 9.88 Å². The van der Waals surface area contributed by atoms with Gasteiger partial charge in [0.25, 0.3) is 0 Å². The molecule has 0 spiro atoms. The van der Waals surface area contributed by atoms with Gasteiger partial charge in [0.05, 0.1) is 6.04 Å². The van der Waals surface area contributed by atoms with Crippen molar-refractivity contribution in [3.05, 3.63) is 16.1 Å². The van der Waals surface area contributed by atoms with Crippen LogP contribution in [0.2, 0.25) is 0 Å². The number of hydrogen-bond donors (Lipinski definition) is 1. The Bertz CT molecular complexity index is 450. The number of nitrogens with zero attached hydrogens (tertiary/aromatic N) is 2. The Morgan fingerprint density at radius 2 is 1.85 bits per heavy atom. The quantitative estimate of drug-likeness (QED) is 0.930. The van der Waals surface area contributed by atoms with E-state index in [0.717, 1.165) is 25.9 Å². The largest absolute Gasteiger partial charge is 0.443 e. The van der Waals surface area contributed by atoms with Crippen LogP contribution < -0.4 is 5.73 Å². The van der Waals surface area contributed by atoms with Crippen molar-refractivity contribution in [1.29, 1.82) is 0 Å². The summed E-state index contributed by atoms with van der Waals surface area (Å²) in [5.74, 6) is 0. The van der Waals surface area contributed by atoms with Crippen LogP contribution in [0.1, 0.15) is 49.0 Å². The SMILES string of the molecule is CC(C)(C(N)c1cnc(C(F)(F)F)s1)N1CCCCC1. The number of halogens is 3. The first kappa shape index (κ1) is 15.7. The van der Waals surface area contributed by atoms with Gasteiger partial charge in [-0.1, -0.05) is 6.42 Å². The summed E-state index contributed by atoms with van der Waals surface area (Å²) in [5, 5.41) is -0.822. The third kappa shape index (κ3) is 3.15. The molecule has 7 heteroatoms. The first-order valence-corrected chi connectivity index (χ1v) is 7.58. The van der Waals surface area contributed by atoms with E-state index in [-0.39, 0.29) is 5.54 Å². The van der Waals surface area contributed by atoms with Gasteiger partial charge in [0.15, 0.2) is 5.01 Å². The summed E-state index contributed by atoms with van der Waals surface area (Å²) < 4.78 is 37.8. The van der Waals surface area contributed by atoms with Gasteiger partial charge in [0.1, 0.15) is 0 Å². The highest BCUT2D eigenvalue weighted by molar-refractivity contribution is 7.11. The number of rotatable bonds is 3. The monoisotopic (exact) mass is 307 g/mol. The van der Waals surface area contributed by atoms with Crippen LogP contribution in [0.15, 0.2) is 6.20 Å². The summed E-state index contributed by atoms with van der Waals surface area (Å²) in [4.78, 5) is 6.23. The van der Waals surface area contributed by atoms with Crippen molar-refractivity contribution >= 4 is 11.3 Å². The fraction of sp³-hybridized carbons (Fsp3) is 0.769. The van der Waals surface area contributed by atoms with Crippen LogP contribution in [0.5, 0.6) is 0 Å². The molecule has 1 aliphatic rings. The van der Waals surface area contributed by atoms with E-state index in [1.54, 1.807) is 0 Å². The van der Waals surface area contributed by atoms with E-state index in [0.29, 0.717) is 16.2 Å². The van der Waals surface area contributed by atoms with Gasteiger partial charge in [-0.3, -0.25) is 4.90 Å². The number of thiazole rings is 1. The highest BCUT2D eigenvalue weighted by atomic mass is 32.1. The zero-order chi connectivity index (χ0) is 15.0. The molecular formula is C13H20F3N3S. The maximum Gasteiger partial charge on any atom is 0.443 e. The molecule has 1 saturated heterocycles. The maximum absolute atomic E-state index is 12.6. The molecule has 20 heavy (non-hydrogen) atoms. The predicted octanol–water partition coefficient (Wildman–Crippen LogP) is 3.43. The van der Waals surface area contributed by atoms with Crippen LogP contribution in [0, 0.1) is 0 Å². The second kappa shape index (κ2) is 5.61. The van der Waals surface area contributed by atoms with E-state index < -0.39 is 17.2 Å². The maximum atomic E-state index is 12.6. The van der Waals surface area contributed by atoms with E-state index in [1.165, 1.54) is 12.6 Å². The molecule has 0 bridgehead atoms. The number of aromatic nitrogens is 1.